The molecule has 0 radical (unpaired) electrons. The molecule has 0 aliphatic heterocycles. The van der Waals surface area contributed by atoms with Crippen LogP contribution in [-0.2, 0) is 13.0 Å². The fourth-order valence-electron chi connectivity index (χ4n) is 2.21. The van der Waals surface area contributed by atoms with Crippen molar-refractivity contribution in [3.8, 4) is 0 Å². The van der Waals surface area contributed by atoms with Gasteiger partial charge in [0, 0.05) is 20.1 Å². The maximum atomic E-state index is 12.8. The van der Waals surface area contributed by atoms with Crippen molar-refractivity contribution in [2.24, 2.45) is 0 Å². The first-order valence-electron chi connectivity index (χ1n) is 7.34. The lowest BCUT2D eigenvalue weighted by atomic mass is 10.1. The second kappa shape index (κ2) is 7.59. The molecule has 0 fully saturated rings. The molecule has 0 bridgehead atoms. The van der Waals surface area contributed by atoms with Gasteiger partial charge in [-0.05, 0) is 42.2 Å². The van der Waals surface area contributed by atoms with Crippen molar-refractivity contribution in [2.45, 2.75) is 19.9 Å². The van der Waals surface area contributed by atoms with Crippen LogP contribution in [0.15, 0.2) is 48.5 Å². The van der Waals surface area contributed by atoms with Gasteiger partial charge in [0.15, 0.2) is 0 Å². The smallest absolute Gasteiger partial charge is 0.317 e. The standard InChI is InChI=1S/C18H21FN2O/c1-14-5-3-4-6-16(14)13-21(2)18(22)20-12-11-15-7-9-17(19)10-8-15/h3-10H,11-13H2,1-2H3,(H,20,22). The van der Waals surface area contributed by atoms with Gasteiger partial charge in [-0.3, -0.25) is 0 Å². The van der Waals surface area contributed by atoms with Crippen LogP contribution in [0.3, 0.4) is 0 Å². The molecule has 0 aromatic heterocycles. The molecule has 116 valence electrons. The zero-order valence-electron chi connectivity index (χ0n) is 13.0. The molecule has 0 heterocycles. The number of amides is 2. The van der Waals surface area contributed by atoms with Gasteiger partial charge in [-0.15, -0.1) is 0 Å². The van der Waals surface area contributed by atoms with E-state index in [9.17, 15) is 9.18 Å². The highest BCUT2D eigenvalue weighted by molar-refractivity contribution is 5.73. The number of rotatable bonds is 5. The lowest BCUT2D eigenvalue weighted by Gasteiger charge is -2.19. The lowest BCUT2D eigenvalue weighted by molar-refractivity contribution is 0.207. The van der Waals surface area contributed by atoms with E-state index in [1.165, 1.54) is 17.7 Å². The van der Waals surface area contributed by atoms with Crippen LogP contribution in [0.5, 0.6) is 0 Å². The summed E-state index contributed by atoms with van der Waals surface area (Å²) in [7, 11) is 1.78. The van der Waals surface area contributed by atoms with Crippen LogP contribution >= 0.6 is 0 Å². The van der Waals surface area contributed by atoms with E-state index in [1.807, 2.05) is 31.2 Å². The molecule has 2 amide bonds. The zero-order valence-corrected chi connectivity index (χ0v) is 13.0. The molecule has 2 rings (SSSR count). The summed E-state index contributed by atoms with van der Waals surface area (Å²) < 4.78 is 12.8. The van der Waals surface area contributed by atoms with E-state index in [2.05, 4.69) is 5.32 Å². The third-order valence-electron chi connectivity index (χ3n) is 3.62. The molecule has 0 aliphatic carbocycles. The minimum absolute atomic E-state index is 0.106. The lowest BCUT2D eigenvalue weighted by Crippen LogP contribution is -2.37. The monoisotopic (exact) mass is 300 g/mol. The molecule has 2 aromatic carbocycles. The van der Waals surface area contributed by atoms with Crippen LogP contribution in [0, 0.1) is 12.7 Å². The molecule has 1 N–H and O–H groups in total. The summed E-state index contributed by atoms with van der Waals surface area (Å²) >= 11 is 0. The number of nitrogens with one attached hydrogen (secondary N) is 1. The minimum atomic E-state index is -0.245. The number of hydrogen-bond donors (Lipinski definition) is 1. The number of urea groups is 1. The van der Waals surface area contributed by atoms with E-state index in [0.29, 0.717) is 19.5 Å². The van der Waals surface area contributed by atoms with Gasteiger partial charge in [0.1, 0.15) is 5.82 Å². The molecule has 0 saturated carbocycles. The summed E-state index contributed by atoms with van der Waals surface area (Å²) in [4.78, 5) is 13.7. The van der Waals surface area contributed by atoms with E-state index in [0.717, 1.165) is 11.1 Å². The summed E-state index contributed by atoms with van der Waals surface area (Å²) in [6, 6.07) is 14.3. The molecule has 0 saturated heterocycles. The van der Waals surface area contributed by atoms with E-state index < -0.39 is 0 Å². The van der Waals surface area contributed by atoms with Crippen molar-refractivity contribution in [1.29, 1.82) is 0 Å². The van der Waals surface area contributed by atoms with Crippen LogP contribution < -0.4 is 5.32 Å². The van der Waals surface area contributed by atoms with Crippen molar-refractivity contribution >= 4 is 6.03 Å². The first-order valence-corrected chi connectivity index (χ1v) is 7.34. The molecule has 2 aromatic rings. The Morgan fingerprint density at radius 3 is 2.50 bits per heavy atom. The number of carbonyl (C=O) groups is 1. The van der Waals surface area contributed by atoms with Crippen LogP contribution in [0.2, 0.25) is 0 Å². The molecular formula is C18H21FN2O. The summed E-state index contributed by atoms with van der Waals surface area (Å²) in [5.74, 6) is -0.245. The Morgan fingerprint density at radius 1 is 1.14 bits per heavy atom. The van der Waals surface area contributed by atoms with Gasteiger partial charge in [0.25, 0.3) is 0 Å². The number of carbonyl (C=O) groups excluding carboxylic acids is 1. The molecule has 22 heavy (non-hydrogen) atoms. The van der Waals surface area contributed by atoms with Gasteiger partial charge >= 0.3 is 6.03 Å². The van der Waals surface area contributed by atoms with Crippen molar-refractivity contribution in [3.63, 3.8) is 0 Å². The van der Waals surface area contributed by atoms with Gasteiger partial charge in [-0.2, -0.15) is 0 Å². The Kier molecular flexibility index (Phi) is 5.53. The highest BCUT2D eigenvalue weighted by Crippen LogP contribution is 2.09. The van der Waals surface area contributed by atoms with E-state index in [-0.39, 0.29) is 11.8 Å². The second-order valence-electron chi connectivity index (χ2n) is 5.39. The molecule has 3 nitrogen and oxygen atoms in total. The van der Waals surface area contributed by atoms with Gasteiger partial charge in [-0.25, -0.2) is 9.18 Å². The molecular weight excluding hydrogens is 279 g/mol. The summed E-state index contributed by atoms with van der Waals surface area (Å²) in [5, 5.41) is 2.88. The number of nitrogens with zero attached hydrogens (tertiary/aromatic N) is 1. The molecule has 4 heteroatoms. The fraction of sp³-hybridized carbons (Fsp3) is 0.278. The molecule has 0 unspecified atom stereocenters. The molecule has 0 spiro atoms. The van der Waals surface area contributed by atoms with E-state index in [1.54, 1.807) is 24.1 Å². The van der Waals surface area contributed by atoms with Crippen molar-refractivity contribution in [1.82, 2.24) is 10.2 Å². The quantitative estimate of drug-likeness (QED) is 0.900. The van der Waals surface area contributed by atoms with Crippen LogP contribution in [0.4, 0.5) is 9.18 Å². The highest BCUT2D eigenvalue weighted by Gasteiger charge is 2.09. The minimum Gasteiger partial charge on any atom is -0.338 e. The first kappa shape index (κ1) is 16.0. The highest BCUT2D eigenvalue weighted by atomic mass is 19.1. The van der Waals surface area contributed by atoms with Crippen LogP contribution in [0.25, 0.3) is 0 Å². The Hall–Kier alpha value is -2.36. The van der Waals surface area contributed by atoms with Crippen LogP contribution in [-0.4, -0.2) is 24.5 Å². The molecule has 0 aliphatic rings. The maximum Gasteiger partial charge on any atom is 0.317 e. The predicted molar refractivity (Wildman–Crippen MR) is 86.1 cm³/mol. The van der Waals surface area contributed by atoms with E-state index >= 15 is 0 Å². The summed E-state index contributed by atoms with van der Waals surface area (Å²) in [6.45, 7) is 3.15. The van der Waals surface area contributed by atoms with Crippen LogP contribution in [0.1, 0.15) is 16.7 Å². The van der Waals surface area contributed by atoms with Gasteiger partial charge in [0.2, 0.25) is 0 Å². The van der Waals surface area contributed by atoms with E-state index in [4.69, 9.17) is 0 Å². The SMILES string of the molecule is Cc1ccccc1CN(C)C(=O)NCCc1ccc(F)cc1. The largest absolute Gasteiger partial charge is 0.338 e. The topological polar surface area (TPSA) is 32.3 Å². The summed E-state index contributed by atoms with van der Waals surface area (Å²) in [6.07, 6.45) is 0.685. The van der Waals surface area contributed by atoms with Gasteiger partial charge in [0.05, 0.1) is 0 Å². The third-order valence-corrected chi connectivity index (χ3v) is 3.62. The third kappa shape index (κ3) is 4.58. The fourth-order valence-corrected chi connectivity index (χ4v) is 2.21. The average Bonchev–Trinajstić information content (AvgIpc) is 2.51. The number of aryl methyl sites for hydroxylation is 1. The van der Waals surface area contributed by atoms with Crippen molar-refractivity contribution < 1.29 is 9.18 Å². The predicted octanol–water partition coefficient (Wildman–Crippen LogP) is 3.52. The average molecular weight is 300 g/mol. The zero-order chi connectivity index (χ0) is 15.9. The normalized spacial score (nSPS) is 10.3. The number of benzene rings is 2. The number of hydrogen-bond acceptors (Lipinski definition) is 1. The summed E-state index contributed by atoms with van der Waals surface area (Å²) in [5.41, 5.74) is 3.32. The Balaban J connectivity index is 1.79. The van der Waals surface area contributed by atoms with Crippen molar-refractivity contribution in [2.75, 3.05) is 13.6 Å². The number of halogens is 1. The van der Waals surface area contributed by atoms with Gasteiger partial charge in [-0.1, -0.05) is 36.4 Å². The van der Waals surface area contributed by atoms with Gasteiger partial charge < -0.3 is 10.2 Å². The Labute approximate surface area is 130 Å². The molecule has 0 atom stereocenters. The first-order chi connectivity index (χ1) is 10.6. The Morgan fingerprint density at radius 2 is 1.82 bits per heavy atom. The second-order valence-corrected chi connectivity index (χ2v) is 5.39. The van der Waals surface area contributed by atoms with Crippen molar-refractivity contribution in [3.05, 3.63) is 71.0 Å². The maximum absolute atomic E-state index is 12.8. The Bertz CT molecular complexity index is 625.